The van der Waals surface area contributed by atoms with Gasteiger partial charge in [-0.15, -0.1) is 0 Å². The molecule has 10 heteroatoms. The number of ether oxygens (including phenoxy) is 1. The van der Waals surface area contributed by atoms with Crippen LogP contribution in [0.5, 0.6) is 5.75 Å². The third-order valence-electron chi connectivity index (χ3n) is 5.97. The van der Waals surface area contributed by atoms with Crippen LogP contribution in [0.2, 0.25) is 0 Å². The van der Waals surface area contributed by atoms with Gasteiger partial charge in [-0.3, -0.25) is 19.5 Å². The first-order valence-electron chi connectivity index (χ1n) is 11.8. The van der Waals surface area contributed by atoms with E-state index < -0.39 is 23.7 Å². The SMILES string of the molecule is CC(C)COc1cccc(/C(O)=C2\C(=O)C(=O)N(c3nc4ccc(C(=O)O)cc4s3)C2c2cccnc2)c1. The summed E-state index contributed by atoms with van der Waals surface area (Å²) < 4.78 is 6.32. The highest BCUT2D eigenvalue weighted by molar-refractivity contribution is 7.22. The average Bonchev–Trinajstić information content (AvgIpc) is 3.45. The fourth-order valence-electron chi connectivity index (χ4n) is 4.18. The lowest BCUT2D eigenvalue weighted by atomic mass is 9.96. The average molecular weight is 530 g/mol. The minimum absolute atomic E-state index is 0.0816. The fraction of sp³-hybridized carbons (Fsp3) is 0.179. The third-order valence-corrected chi connectivity index (χ3v) is 6.98. The molecule has 1 aliphatic rings. The summed E-state index contributed by atoms with van der Waals surface area (Å²) in [5.41, 5.74) is 1.30. The van der Waals surface area contributed by atoms with Crippen molar-refractivity contribution in [2.24, 2.45) is 5.92 Å². The molecule has 192 valence electrons. The molecule has 2 aromatic carbocycles. The van der Waals surface area contributed by atoms with E-state index in [2.05, 4.69) is 9.97 Å². The van der Waals surface area contributed by atoms with E-state index in [0.29, 0.717) is 39.6 Å². The Morgan fingerprint density at radius 1 is 1.08 bits per heavy atom. The number of aromatic nitrogens is 2. The van der Waals surface area contributed by atoms with E-state index >= 15 is 0 Å². The highest BCUT2D eigenvalue weighted by Gasteiger charge is 2.48. The van der Waals surface area contributed by atoms with Crippen molar-refractivity contribution in [2.75, 3.05) is 11.5 Å². The number of Topliss-reactive ketones (excluding diaryl/α,β-unsaturated/α-hetero) is 1. The van der Waals surface area contributed by atoms with E-state index in [1.807, 2.05) is 13.8 Å². The van der Waals surface area contributed by atoms with Crippen LogP contribution in [0.25, 0.3) is 16.0 Å². The number of hydrogen-bond acceptors (Lipinski definition) is 8. The van der Waals surface area contributed by atoms with E-state index in [0.717, 1.165) is 11.3 Å². The van der Waals surface area contributed by atoms with Gasteiger partial charge in [0.05, 0.1) is 34.0 Å². The molecule has 0 saturated carbocycles. The van der Waals surface area contributed by atoms with Gasteiger partial charge < -0.3 is 14.9 Å². The number of thiazole rings is 1. The minimum atomic E-state index is -1.09. The maximum Gasteiger partial charge on any atom is 0.335 e. The molecule has 1 fully saturated rings. The maximum atomic E-state index is 13.4. The Labute approximate surface area is 221 Å². The molecule has 1 unspecified atom stereocenters. The molecule has 0 radical (unpaired) electrons. The molecule has 2 aromatic heterocycles. The Kier molecular flexibility index (Phi) is 6.64. The number of benzene rings is 2. The second-order valence-electron chi connectivity index (χ2n) is 9.17. The molecular formula is C28H23N3O6S. The third kappa shape index (κ3) is 4.61. The van der Waals surface area contributed by atoms with Gasteiger partial charge in [-0.1, -0.05) is 43.4 Å². The lowest BCUT2D eigenvalue weighted by Gasteiger charge is -2.22. The molecule has 4 aromatic rings. The Hall–Kier alpha value is -4.57. The number of amides is 1. The summed E-state index contributed by atoms with van der Waals surface area (Å²) in [7, 11) is 0. The second-order valence-corrected chi connectivity index (χ2v) is 10.2. The van der Waals surface area contributed by atoms with Gasteiger partial charge in [-0.25, -0.2) is 9.78 Å². The number of aromatic carboxylic acids is 1. The topological polar surface area (TPSA) is 130 Å². The van der Waals surface area contributed by atoms with Crippen LogP contribution in [0, 0.1) is 5.92 Å². The van der Waals surface area contributed by atoms with Crippen LogP contribution in [0.15, 0.2) is 72.6 Å². The molecule has 0 bridgehead atoms. The number of hydrogen-bond donors (Lipinski definition) is 2. The largest absolute Gasteiger partial charge is 0.507 e. The Balaban J connectivity index is 1.64. The summed E-state index contributed by atoms with van der Waals surface area (Å²) in [5.74, 6) is -2.33. The number of anilines is 1. The molecule has 9 nitrogen and oxygen atoms in total. The van der Waals surface area contributed by atoms with Gasteiger partial charge in [0.15, 0.2) is 5.13 Å². The maximum absolute atomic E-state index is 13.4. The lowest BCUT2D eigenvalue weighted by molar-refractivity contribution is -0.132. The predicted octanol–water partition coefficient (Wildman–Crippen LogP) is 5.05. The van der Waals surface area contributed by atoms with Gasteiger partial charge in [0.1, 0.15) is 11.5 Å². The molecule has 0 aliphatic carbocycles. The second kappa shape index (κ2) is 10.1. The van der Waals surface area contributed by atoms with Gasteiger partial charge in [0.25, 0.3) is 5.78 Å². The lowest BCUT2D eigenvalue weighted by Crippen LogP contribution is -2.29. The molecular weight excluding hydrogens is 506 g/mol. The number of aliphatic hydroxyl groups is 1. The number of nitrogens with zero attached hydrogens (tertiary/aromatic N) is 3. The summed E-state index contributed by atoms with van der Waals surface area (Å²) >= 11 is 1.09. The zero-order chi connectivity index (χ0) is 27.0. The molecule has 1 amide bonds. The number of carboxylic acid groups (broad SMARTS) is 1. The first kappa shape index (κ1) is 25.1. The van der Waals surface area contributed by atoms with Crippen molar-refractivity contribution in [2.45, 2.75) is 19.9 Å². The number of aliphatic hydroxyl groups excluding tert-OH is 1. The Morgan fingerprint density at radius 3 is 2.61 bits per heavy atom. The van der Waals surface area contributed by atoms with Crippen molar-refractivity contribution >= 4 is 50.1 Å². The summed E-state index contributed by atoms with van der Waals surface area (Å²) in [6.07, 6.45) is 3.09. The van der Waals surface area contributed by atoms with Crippen LogP contribution in [0.1, 0.15) is 41.4 Å². The van der Waals surface area contributed by atoms with Crippen LogP contribution < -0.4 is 9.64 Å². The van der Waals surface area contributed by atoms with Crippen LogP contribution in [-0.2, 0) is 9.59 Å². The van der Waals surface area contributed by atoms with Crippen LogP contribution >= 0.6 is 11.3 Å². The quantitative estimate of drug-likeness (QED) is 0.193. The van der Waals surface area contributed by atoms with E-state index in [4.69, 9.17) is 4.74 Å². The van der Waals surface area contributed by atoms with Crippen molar-refractivity contribution in [3.63, 3.8) is 0 Å². The number of rotatable bonds is 7. The van der Waals surface area contributed by atoms with Crippen molar-refractivity contribution < 1.29 is 29.3 Å². The number of carbonyl (C=O) groups is 3. The van der Waals surface area contributed by atoms with Crippen molar-refractivity contribution in [3.05, 3.63) is 89.3 Å². The summed E-state index contributed by atoms with van der Waals surface area (Å²) in [4.78, 5) is 48.1. The summed E-state index contributed by atoms with van der Waals surface area (Å²) in [6.45, 7) is 4.51. The highest BCUT2D eigenvalue weighted by atomic mass is 32.1. The smallest absolute Gasteiger partial charge is 0.335 e. The van der Waals surface area contributed by atoms with Crippen molar-refractivity contribution in [1.82, 2.24) is 9.97 Å². The van der Waals surface area contributed by atoms with Crippen molar-refractivity contribution in [1.29, 1.82) is 0 Å². The molecule has 2 N–H and O–H groups in total. The van der Waals surface area contributed by atoms with Crippen LogP contribution in [0.4, 0.5) is 5.13 Å². The van der Waals surface area contributed by atoms with Gasteiger partial charge in [-0.05, 0) is 47.9 Å². The van der Waals surface area contributed by atoms with Gasteiger partial charge in [0, 0.05) is 18.0 Å². The number of fused-ring (bicyclic) bond motifs is 1. The summed E-state index contributed by atoms with van der Waals surface area (Å²) in [5, 5.41) is 20.9. The van der Waals surface area contributed by atoms with Gasteiger partial charge >= 0.3 is 11.9 Å². The highest BCUT2D eigenvalue weighted by Crippen LogP contribution is 2.44. The van der Waals surface area contributed by atoms with Crippen molar-refractivity contribution in [3.8, 4) is 5.75 Å². The molecule has 38 heavy (non-hydrogen) atoms. The normalized spacial score (nSPS) is 16.9. The monoisotopic (exact) mass is 529 g/mol. The van der Waals surface area contributed by atoms with E-state index in [-0.39, 0.29) is 22.0 Å². The Morgan fingerprint density at radius 2 is 1.89 bits per heavy atom. The zero-order valence-corrected chi connectivity index (χ0v) is 21.3. The number of carboxylic acids is 1. The first-order valence-corrected chi connectivity index (χ1v) is 12.6. The number of pyridine rings is 1. The van der Waals surface area contributed by atoms with E-state index in [1.54, 1.807) is 48.7 Å². The minimum Gasteiger partial charge on any atom is -0.507 e. The molecule has 0 spiro atoms. The van der Waals surface area contributed by atoms with E-state index in [1.165, 1.54) is 23.2 Å². The van der Waals surface area contributed by atoms with Crippen LogP contribution in [-0.4, -0.2) is 44.4 Å². The molecule has 5 rings (SSSR count). The summed E-state index contributed by atoms with van der Waals surface area (Å²) in [6, 6.07) is 13.5. The Bertz CT molecular complexity index is 1590. The molecule has 1 saturated heterocycles. The fourth-order valence-corrected chi connectivity index (χ4v) is 5.21. The first-order chi connectivity index (χ1) is 18.2. The van der Waals surface area contributed by atoms with Gasteiger partial charge in [-0.2, -0.15) is 0 Å². The predicted molar refractivity (Wildman–Crippen MR) is 142 cm³/mol. The van der Waals surface area contributed by atoms with E-state index in [9.17, 15) is 24.6 Å². The standard InChI is InChI=1S/C28H23N3O6S/c1-15(2)14-37-19-7-3-5-16(11-19)24(32)22-23(18-6-4-10-29-13-18)31(26(34)25(22)33)28-30-20-9-8-17(27(35)36)12-21(20)38-28/h3-13,15,23,32H,14H2,1-2H3,(H,35,36)/b24-22+. The van der Waals surface area contributed by atoms with Gasteiger partial charge in [0.2, 0.25) is 0 Å². The molecule has 1 atom stereocenters. The molecule has 1 aliphatic heterocycles. The van der Waals surface area contributed by atoms with Crippen LogP contribution in [0.3, 0.4) is 0 Å². The number of ketones is 1. The number of carbonyl (C=O) groups excluding carboxylic acids is 2. The zero-order valence-electron chi connectivity index (χ0n) is 20.5. The molecule has 3 heterocycles.